The number of benzene rings is 4. The first-order valence-corrected chi connectivity index (χ1v) is 25.0. The number of carbonyl (C=O) groups is 5. The van der Waals surface area contributed by atoms with E-state index in [1.165, 1.54) is 17.4 Å². The molecule has 4 N–H and O–H groups in total. The van der Waals surface area contributed by atoms with E-state index < -0.39 is 105 Å². The fraction of sp³-hybridized carbons (Fsp3) is 0.418. The molecule has 1 aliphatic carbocycles. The molecule has 0 saturated carbocycles. The van der Waals surface area contributed by atoms with Crippen molar-refractivity contribution in [1.29, 1.82) is 0 Å². The Bertz CT molecular complexity index is 2770. The number of carbonyl (C=O) groups excluding carboxylic acids is 5. The number of Topliss-reactive ketones (excluding diaryl/α,β-unsaturated/α-hetero) is 1. The molecule has 5 atom stereocenters. The Labute approximate surface area is 435 Å². The van der Waals surface area contributed by atoms with Gasteiger partial charge in [0.2, 0.25) is 5.91 Å². The maximum absolute atomic E-state index is 15.2. The quantitative estimate of drug-likeness (QED) is 0.0257. The second-order valence-corrected chi connectivity index (χ2v) is 20.2. The van der Waals surface area contributed by atoms with E-state index in [9.17, 15) is 44.5 Å². The van der Waals surface area contributed by atoms with Gasteiger partial charge in [-0.3, -0.25) is 39.5 Å². The number of aromatic nitrogens is 2. The number of imidazole rings is 1. The number of hydrogen-bond donors (Lipinski definition) is 4. The Morgan fingerprint density at radius 3 is 2.05 bits per heavy atom. The lowest BCUT2D eigenvalue weighted by atomic mass is 9.94. The van der Waals surface area contributed by atoms with Crippen LogP contribution in [-0.4, -0.2) is 109 Å². The molecule has 75 heavy (non-hydrogen) atoms. The third kappa shape index (κ3) is 14.6. The van der Waals surface area contributed by atoms with Crippen LogP contribution in [0.5, 0.6) is 0 Å². The molecular weight excluding hydrogens is 965 g/mol. The number of nitrogens with one attached hydrogen (secondary N) is 3. The molecule has 1 heterocycles. The summed E-state index contributed by atoms with van der Waals surface area (Å²) in [7, 11) is 0. The van der Waals surface area contributed by atoms with E-state index in [2.05, 4.69) is 20.6 Å². The molecule has 1 aliphatic rings. The molecule has 1 aromatic heterocycles. The monoisotopic (exact) mass is 1030 g/mol. The molecular formula is C55H66N8O12. The average molecular weight is 1030 g/mol. The van der Waals surface area contributed by atoms with E-state index >= 15 is 4.79 Å². The number of alkyl carbamates (subject to hydrolysis) is 1. The number of hydrogen-bond acceptors (Lipinski definition) is 13. The number of aliphatic hydroxyl groups excluding tert-OH is 1. The van der Waals surface area contributed by atoms with Crippen molar-refractivity contribution in [3.05, 3.63) is 152 Å². The fourth-order valence-electron chi connectivity index (χ4n) is 9.28. The van der Waals surface area contributed by atoms with E-state index in [4.69, 9.17) is 9.47 Å². The summed E-state index contributed by atoms with van der Waals surface area (Å²) in [6.45, 7) is 11.4. The van der Waals surface area contributed by atoms with Crippen LogP contribution in [0.4, 0.5) is 26.7 Å². The highest BCUT2D eigenvalue weighted by Crippen LogP contribution is 2.45. The number of non-ortho nitro benzene ring substituents is 1. The van der Waals surface area contributed by atoms with E-state index in [1.807, 2.05) is 92.7 Å². The number of anilines is 1. The van der Waals surface area contributed by atoms with Crippen LogP contribution >= 0.6 is 0 Å². The fourth-order valence-corrected chi connectivity index (χ4v) is 9.28. The zero-order valence-corrected chi connectivity index (χ0v) is 43.3. The predicted molar refractivity (Wildman–Crippen MR) is 280 cm³/mol. The molecule has 5 aromatic rings. The highest BCUT2D eigenvalue weighted by molar-refractivity contribution is 6.09. The van der Waals surface area contributed by atoms with Gasteiger partial charge in [-0.25, -0.2) is 14.6 Å². The van der Waals surface area contributed by atoms with Gasteiger partial charge in [0.05, 0.1) is 47.4 Å². The van der Waals surface area contributed by atoms with Crippen molar-refractivity contribution in [2.45, 2.75) is 116 Å². The van der Waals surface area contributed by atoms with Crippen LogP contribution in [0.15, 0.2) is 110 Å². The highest BCUT2D eigenvalue weighted by Gasteiger charge is 2.42. The number of aliphatic hydroxyl groups is 1. The van der Waals surface area contributed by atoms with Crippen LogP contribution < -0.4 is 15.5 Å². The maximum Gasteiger partial charge on any atom is 0.410 e. The molecule has 4 amide bonds. The lowest BCUT2D eigenvalue weighted by Gasteiger charge is -2.36. The number of H-pyrrole nitrogens is 1. The van der Waals surface area contributed by atoms with Crippen LogP contribution in [-0.2, 0) is 36.7 Å². The van der Waals surface area contributed by atoms with E-state index in [1.54, 1.807) is 34.6 Å². The third-order valence-corrected chi connectivity index (χ3v) is 13.2. The number of nitro groups is 2. The standard InChI is InChI=1S/C55H66N8O12/c1-8-35(4)46(30-60(39(31-64)25-36-16-10-9-11-17-36)54(69)74-32-44-42-20-14-12-18-40(42)41-19-13-15-21-43(41)44)58-51(66)28-50(65)49(24-34(2)3)61(47-23-22-38(62(70)71)27-48(47)63(72)73)52(67)45(26-37-29-56-33-57-37)59-53(68)75-55(5,6)7/h9-23,27,29,33-35,39,44-46,49,64H,8,24-26,28,30-32H2,1-7H3,(H,56,57)(H,58,66)(H,59,68)/t35?,39?,45-,46?,49-/m0/s1. The van der Waals surface area contributed by atoms with E-state index in [0.717, 1.165) is 44.8 Å². The lowest BCUT2D eigenvalue weighted by molar-refractivity contribution is -0.393. The minimum atomic E-state index is -1.61. The van der Waals surface area contributed by atoms with Crippen LogP contribution in [0.25, 0.3) is 11.1 Å². The second kappa shape index (κ2) is 25.3. The largest absolute Gasteiger partial charge is 0.448 e. The first-order chi connectivity index (χ1) is 35.7. The minimum Gasteiger partial charge on any atom is -0.448 e. The zero-order valence-electron chi connectivity index (χ0n) is 43.3. The van der Waals surface area contributed by atoms with Crippen LogP contribution in [0, 0.1) is 32.1 Å². The number of aromatic amines is 1. The number of fused-ring (bicyclic) bond motifs is 3. The molecule has 20 nitrogen and oxygen atoms in total. The molecule has 0 bridgehead atoms. The Morgan fingerprint density at radius 2 is 1.49 bits per heavy atom. The first kappa shape index (κ1) is 56.3. The predicted octanol–water partition coefficient (Wildman–Crippen LogP) is 8.45. The average Bonchev–Trinajstić information content (AvgIpc) is 4.01. The summed E-state index contributed by atoms with van der Waals surface area (Å²) >= 11 is 0. The zero-order chi connectivity index (χ0) is 54.6. The van der Waals surface area contributed by atoms with Gasteiger partial charge in [-0.2, -0.15) is 0 Å². The Kier molecular flexibility index (Phi) is 19.0. The minimum absolute atomic E-state index is 0.0167. The van der Waals surface area contributed by atoms with Gasteiger partial charge in [-0.15, -0.1) is 0 Å². The molecule has 3 unspecified atom stereocenters. The molecule has 0 spiro atoms. The maximum atomic E-state index is 15.2. The Morgan fingerprint density at radius 1 is 0.853 bits per heavy atom. The third-order valence-electron chi connectivity index (χ3n) is 13.2. The molecule has 0 fully saturated rings. The number of nitro benzene ring substituents is 2. The van der Waals surface area contributed by atoms with Crippen molar-refractivity contribution in [3.8, 4) is 11.1 Å². The van der Waals surface area contributed by atoms with Crippen LogP contribution in [0.3, 0.4) is 0 Å². The summed E-state index contributed by atoms with van der Waals surface area (Å²) in [5, 5.41) is 41.1. The van der Waals surface area contributed by atoms with E-state index in [-0.39, 0.29) is 44.2 Å². The number of rotatable bonds is 24. The van der Waals surface area contributed by atoms with Gasteiger partial charge >= 0.3 is 12.2 Å². The van der Waals surface area contributed by atoms with Gasteiger partial charge in [-0.1, -0.05) is 113 Å². The normalized spacial score (nSPS) is 14.0. The molecule has 20 heteroatoms. The summed E-state index contributed by atoms with van der Waals surface area (Å²) in [4.78, 5) is 104. The van der Waals surface area contributed by atoms with Gasteiger partial charge < -0.3 is 35.1 Å². The SMILES string of the molecule is CCC(C)C(CN(C(=O)OCC1c2ccccc2-c2ccccc21)C(CO)Cc1ccccc1)NC(=O)CC(=O)[C@H](CC(C)C)N(C(=O)[C@H](Cc1cnc[nH]1)NC(=O)OC(C)(C)C)c1ccc([N+](=O)[O-])cc1[N+](=O)[O-]. The molecule has 0 aliphatic heterocycles. The summed E-state index contributed by atoms with van der Waals surface area (Å²) in [6.07, 6.45) is 0.425. The van der Waals surface area contributed by atoms with Gasteiger partial charge in [-0.05, 0) is 79.3 Å². The lowest BCUT2D eigenvalue weighted by Crippen LogP contribution is -2.57. The van der Waals surface area contributed by atoms with Crippen molar-refractivity contribution in [3.63, 3.8) is 0 Å². The van der Waals surface area contributed by atoms with Gasteiger partial charge in [0.25, 0.3) is 17.3 Å². The molecule has 0 radical (unpaired) electrons. The summed E-state index contributed by atoms with van der Waals surface area (Å²) < 4.78 is 11.6. The van der Waals surface area contributed by atoms with Crippen LogP contribution in [0.1, 0.15) is 96.0 Å². The number of amides is 4. The highest BCUT2D eigenvalue weighted by atomic mass is 16.6. The van der Waals surface area contributed by atoms with Gasteiger partial charge in [0.1, 0.15) is 23.9 Å². The van der Waals surface area contributed by atoms with Crippen LogP contribution in [0.2, 0.25) is 0 Å². The van der Waals surface area contributed by atoms with Crippen molar-refractivity contribution in [2.75, 3.05) is 24.7 Å². The molecule has 4 aromatic carbocycles. The second-order valence-electron chi connectivity index (χ2n) is 20.2. The van der Waals surface area contributed by atoms with Gasteiger partial charge in [0, 0.05) is 42.9 Å². The summed E-state index contributed by atoms with van der Waals surface area (Å²) in [6, 6.07) is 22.9. The molecule has 6 rings (SSSR count). The van der Waals surface area contributed by atoms with Gasteiger partial charge in [0.15, 0.2) is 5.78 Å². The van der Waals surface area contributed by atoms with Crippen molar-refractivity contribution in [1.82, 2.24) is 25.5 Å². The van der Waals surface area contributed by atoms with E-state index in [0.29, 0.717) is 18.2 Å². The Hall–Kier alpha value is -8.00. The van der Waals surface area contributed by atoms with Crippen molar-refractivity contribution >= 4 is 46.8 Å². The molecule has 398 valence electrons. The summed E-state index contributed by atoms with van der Waals surface area (Å²) in [5.41, 5.74) is 2.19. The number of ketones is 1. The summed E-state index contributed by atoms with van der Waals surface area (Å²) in [5.74, 6) is -3.67. The van der Waals surface area contributed by atoms with Crippen molar-refractivity contribution in [2.24, 2.45) is 11.8 Å². The first-order valence-electron chi connectivity index (χ1n) is 25.0. The Balaban J connectivity index is 1.33. The molecule has 0 saturated heterocycles. The number of ether oxygens (including phenoxy) is 2. The smallest absolute Gasteiger partial charge is 0.410 e. The number of nitrogens with zero attached hydrogens (tertiary/aromatic N) is 5. The topological polar surface area (TPSA) is 270 Å². The van der Waals surface area contributed by atoms with Crippen molar-refractivity contribution < 1.29 is 48.4 Å².